The summed E-state index contributed by atoms with van der Waals surface area (Å²) >= 11 is 0. The second kappa shape index (κ2) is 12.9. The molecule has 4 nitrogen and oxygen atoms in total. The minimum atomic E-state index is 0.824. The molecule has 0 spiro atoms. The molecule has 0 amide bonds. The Morgan fingerprint density at radius 1 is 0.276 bits per heavy atom. The number of nitrogens with zero attached hydrogens (tertiary/aromatic N) is 1. The average molecular weight is 744 g/mol. The van der Waals surface area contributed by atoms with Gasteiger partial charge < -0.3 is 18.2 Å². The number of benzene rings is 9. The molecule has 0 bridgehead atoms. The van der Waals surface area contributed by atoms with Gasteiger partial charge in [0.15, 0.2) is 5.58 Å². The molecule has 4 heteroatoms. The molecule has 272 valence electrons. The predicted octanol–water partition coefficient (Wildman–Crippen LogP) is 15.9. The van der Waals surface area contributed by atoms with E-state index in [2.05, 4.69) is 175 Å². The first-order valence-corrected chi connectivity index (χ1v) is 19.6. The van der Waals surface area contributed by atoms with Crippen molar-refractivity contribution in [1.82, 2.24) is 0 Å². The number of hydrogen-bond donors (Lipinski definition) is 0. The molecule has 0 saturated heterocycles. The topological polar surface area (TPSA) is 42.7 Å². The van der Waals surface area contributed by atoms with Crippen LogP contribution in [0.2, 0.25) is 0 Å². The normalized spacial score (nSPS) is 11.8. The first kappa shape index (κ1) is 32.4. The zero-order valence-electron chi connectivity index (χ0n) is 31.2. The molecule has 0 saturated carbocycles. The van der Waals surface area contributed by atoms with Gasteiger partial charge in [-0.1, -0.05) is 152 Å². The lowest BCUT2D eigenvalue weighted by Gasteiger charge is -2.25. The van der Waals surface area contributed by atoms with E-state index in [0.717, 1.165) is 116 Å². The summed E-state index contributed by atoms with van der Waals surface area (Å²) in [6.07, 6.45) is 0. The van der Waals surface area contributed by atoms with Gasteiger partial charge in [-0.05, 0) is 64.7 Å². The minimum absolute atomic E-state index is 0.824. The summed E-state index contributed by atoms with van der Waals surface area (Å²) in [5.41, 5.74) is 14.8. The maximum atomic E-state index is 6.94. The summed E-state index contributed by atoms with van der Waals surface area (Å²) in [4.78, 5) is 2.28. The van der Waals surface area contributed by atoms with Crippen molar-refractivity contribution < 1.29 is 13.3 Å². The number of furan rings is 3. The Hall–Kier alpha value is -7.82. The quantitative estimate of drug-likeness (QED) is 0.170. The van der Waals surface area contributed by atoms with Gasteiger partial charge in [-0.2, -0.15) is 0 Å². The highest BCUT2D eigenvalue weighted by atomic mass is 16.3. The van der Waals surface area contributed by atoms with Gasteiger partial charge in [0.05, 0.1) is 11.4 Å². The van der Waals surface area contributed by atoms with Gasteiger partial charge in [0.25, 0.3) is 0 Å². The van der Waals surface area contributed by atoms with Gasteiger partial charge in [0, 0.05) is 55.2 Å². The highest BCUT2D eigenvalue weighted by Crippen LogP contribution is 2.45. The smallest absolute Gasteiger partial charge is 0.159 e. The molecule has 12 rings (SSSR count). The van der Waals surface area contributed by atoms with Gasteiger partial charge >= 0.3 is 0 Å². The monoisotopic (exact) mass is 743 g/mol. The molecule has 0 aliphatic carbocycles. The fourth-order valence-electron chi connectivity index (χ4n) is 8.73. The lowest BCUT2D eigenvalue weighted by molar-refractivity contribution is 0.668. The van der Waals surface area contributed by atoms with E-state index in [1.165, 1.54) is 0 Å². The molecule has 9 aromatic carbocycles. The van der Waals surface area contributed by atoms with Crippen LogP contribution in [0.5, 0.6) is 0 Å². The molecule has 0 radical (unpaired) electrons. The van der Waals surface area contributed by atoms with Gasteiger partial charge in [-0.25, -0.2) is 0 Å². The summed E-state index contributed by atoms with van der Waals surface area (Å²) in [6.45, 7) is 0. The van der Waals surface area contributed by atoms with Crippen molar-refractivity contribution in [3.05, 3.63) is 200 Å². The Morgan fingerprint density at radius 2 is 0.759 bits per heavy atom. The molecule has 3 heterocycles. The SMILES string of the molecule is c1ccc(-c2cccc3c2oc2c(N(c4ccc(-c5ccc(-c6cccc7c6oc6ccccc67)cc5)cc4)c4ccc5c(c4)oc4ccccc45)cccc23)cc1. The zero-order chi connectivity index (χ0) is 38.2. The first-order valence-electron chi connectivity index (χ1n) is 19.6. The van der Waals surface area contributed by atoms with Gasteiger partial charge in [-0.3, -0.25) is 0 Å². The molecule has 3 aromatic heterocycles. The van der Waals surface area contributed by atoms with Crippen LogP contribution < -0.4 is 4.90 Å². The maximum absolute atomic E-state index is 6.94. The van der Waals surface area contributed by atoms with Crippen LogP contribution in [-0.4, -0.2) is 0 Å². The largest absolute Gasteiger partial charge is 0.456 e. The zero-order valence-corrected chi connectivity index (χ0v) is 31.2. The molecule has 0 unspecified atom stereocenters. The summed E-state index contributed by atoms with van der Waals surface area (Å²) in [6, 6.07) is 70.1. The summed E-state index contributed by atoms with van der Waals surface area (Å²) in [7, 11) is 0. The van der Waals surface area contributed by atoms with Crippen molar-refractivity contribution >= 4 is 82.9 Å². The van der Waals surface area contributed by atoms with E-state index < -0.39 is 0 Å². The highest BCUT2D eigenvalue weighted by Gasteiger charge is 2.22. The molecule has 58 heavy (non-hydrogen) atoms. The first-order chi connectivity index (χ1) is 28.7. The van der Waals surface area contributed by atoms with Crippen LogP contribution in [0, 0.1) is 0 Å². The van der Waals surface area contributed by atoms with Crippen molar-refractivity contribution in [2.24, 2.45) is 0 Å². The van der Waals surface area contributed by atoms with E-state index in [4.69, 9.17) is 13.3 Å². The minimum Gasteiger partial charge on any atom is -0.456 e. The van der Waals surface area contributed by atoms with Gasteiger partial charge in [-0.15, -0.1) is 0 Å². The van der Waals surface area contributed by atoms with Crippen LogP contribution in [0.1, 0.15) is 0 Å². The fraction of sp³-hybridized carbons (Fsp3) is 0. The third-order valence-electron chi connectivity index (χ3n) is 11.5. The standard InChI is InChI=1S/C54H33NO3/c1-2-11-36(12-3-1)40-15-9-18-46-47-19-10-20-48(54(47)58-53(40)46)55(39-31-32-44-42-13-4-6-21-49(42)56-51(44)33-39)38-29-27-35(28-30-38)34-23-25-37(26-24-34)41-16-8-17-45-43-14-5-7-22-50(43)57-52(41)45/h1-33H. The van der Waals surface area contributed by atoms with E-state index >= 15 is 0 Å². The van der Waals surface area contributed by atoms with E-state index in [-0.39, 0.29) is 0 Å². The van der Waals surface area contributed by atoms with Crippen LogP contribution in [0.4, 0.5) is 17.1 Å². The summed E-state index contributed by atoms with van der Waals surface area (Å²) < 4.78 is 19.7. The molecule has 0 N–H and O–H groups in total. The number of anilines is 3. The molecule has 0 aliphatic rings. The van der Waals surface area contributed by atoms with Crippen molar-refractivity contribution in [3.8, 4) is 33.4 Å². The highest BCUT2D eigenvalue weighted by molar-refractivity contribution is 6.14. The maximum Gasteiger partial charge on any atom is 0.159 e. The third-order valence-corrected chi connectivity index (χ3v) is 11.5. The van der Waals surface area contributed by atoms with Crippen LogP contribution >= 0.6 is 0 Å². The lowest BCUT2D eigenvalue weighted by atomic mass is 9.98. The Bertz CT molecular complexity index is 3500. The van der Waals surface area contributed by atoms with E-state index in [9.17, 15) is 0 Å². The molecule has 0 fully saturated rings. The summed E-state index contributed by atoms with van der Waals surface area (Å²) in [5.74, 6) is 0. The van der Waals surface area contributed by atoms with Crippen LogP contribution in [0.3, 0.4) is 0 Å². The van der Waals surface area contributed by atoms with Crippen LogP contribution in [0.25, 0.3) is 99.2 Å². The lowest BCUT2D eigenvalue weighted by Crippen LogP contribution is -2.10. The second-order valence-corrected chi connectivity index (χ2v) is 14.8. The van der Waals surface area contributed by atoms with Crippen molar-refractivity contribution in [1.29, 1.82) is 0 Å². The number of para-hydroxylation sites is 5. The van der Waals surface area contributed by atoms with Gasteiger partial charge in [0.2, 0.25) is 0 Å². The predicted molar refractivity (Wildman–Crippen MR) is 239 cm³/mol. The summed E-state index contributed by atoms with van der Waals surface area (Å²) in [5, 5.41) is 6.61. The Labute approximate surface area is 333 Å². The van der Waals surface area contributed by atoms with Crippen molar-refractivity contribution in [2.75, 3.05) is 4.90 Å². The fourth-order valence-corrected chi connectivity index (χ4v) is 8.73. The molecule has 0 aliphatic heterocycles. The van der Waals surface area contributed by atoms with Crippen molar-refractivity contribution in [3.63, 3.8) is 0 Å². The molecular formula is C54H33NO3. The van der Waals surface area contributed by atoms with E-state index in [0.29, 0.717) is 0 Å². The van der Waals surface area contributed by atoms with E-state index in [1.807, 2.05) is 30.3 Å². The number of fused-ring (bicyclic) bond motifs is 9. The van der Waals surface area contributed by atoms with Crippen LogP contribution in [-0.2, 0) is 0 Å². The Morgan fingerprint density at radius 3 is 1.48 bits per heavy atom. The molecule has 12 aromatic rings. The number of rotatable bonds is 6. The average Bonchev–Trinajstić information content (AvgIpc) is 3.99. The Kier molecular flexibility index (Phi) is 7.20. The van der Waals surface area contributed by atoms with E-state index in [1.54, 1.807) is 0 Å². The van der Waals surface area contributed by atoms with Crippen molar-refractivity contribution in [2.45, 2.75) is 0 Å². The second-order valence-electron chi connectivity index (χ2n) is 14.8. The molecule has 0 atom stereocenters. The molecular weight excluding hydrogens is 711 g/mol. The Balaban J connectivity index is 0.973. The van der Waals surface area contributed by atoms with Gasteiger partial charge in [0.1, 0.15) is 27.9 Å². The third kappa shape index (κ3) is 5.09. The van der Waals surface area contributed by atoms with Crippen LogP contribution in [0.15, 0.2) is 213 Å². The number of hydrogen-bond acceptors (Lipinski definition) is 4.